The molecule has 1 rings (SSSR count). The molecule has 0 radical (unpaired) electrons. The Morgan fingerprint density at radius 3 is 2.85 bits per heavy atom. The van der Waals surface area contributed by atoms with E-state index in [1.54, 1.807) is 25.3 Å². The van der Waals surface area contributed by atoms with Crippen LogP contribution in [0, 0.1) is 11.3 Å². The minimum absolute atomic E-state index is 0.0600. The molecule has 0 aliphatic heterocycles. The van der Waals surface area contributed by atoms with Gasteiger partial charge in [0.05, 0.1) is 36.7 Å². The van der Waals surface area contributed by atoms with Gasteiger partial charge in [0, 0.05) is 18.1 Å². The number of nitrogens with zero attached hydrogens (tertiary/aromatic N) is 1. The molecule has 2 unspecified atom stereocenters. The van der Waals surface area contributed by atoms with Crippen LogP contribution < -0.4 is 5.32 Å². The van der Waals surface area contributed by atoms with Crippen molar-refractivity contribution in [1.29, 1.82) is 5.26 Å². The fraction of sp³-hybridized carbons (Fsp3) is 0.500. The molecule has 0 heterocycles. The smallest absolute Gasteiger partial charge is 0.101 e. The molecule has 20 heavy (non-hydrogen) atoms. The Bertz CT molecular complexity index is 462. The summed E-state index contributed by atoms with van der Waals surface area (Å²) in [7, 11) is 1.61. The van der Waals surface area contributed by atoms with Gasteiger partial charge in [0.15, 0.2) is 0 Å². The second kappa shape index (κ2) is 8.93. The summed E-state index contributed by atoms with van der Waals surface area (Å²) in [6.45, 7) is 2.90. The number of aliphatic hydroxyl groups excluding tert-OH is 1. The van der Waals surface area contributed by atoms with Gasteiger partial charge in [0.2, 0.25) is 0 Å². The third-order valence-electron chi connectivity index (χ3n) is 2.60. The van der Waals surface area contributed by atoms with E-state index in [-0.39, 0.29) is 12.7 Å². The van der Waals surface area contributed by atoms with Gasteiger partial charge >= 0.3 is 0 Å². The van der Waals surface area contributed by atoms with Gasteiger partial charge in [0.1, 0.15) is 6.07 Å². The molecular weight excluding hydrogens is 324 g/mol. The number of anilines is 1. The number of rotatable bonds is 8. The van der Waals surface area contributed by atoms with Gasteiger partial charge < -0.3 is 19.9 Å². The van der Waals surface area contributed by atoms with Crippen LogP contribution in [-0.4, -0.2) is 44.2 Å². The quantitative estimate of drug-likeness (QED) is 0.757. The zero-order valence-electron chi connectivity index (χ0n) is 11.6. The first-order valence-corrected chi connectivity index (χ1v) is 7.08. The average molecular weight is 343 g/mol. The summed E-state index contributed by atoms with van der Waals surface area (Å²) in [6.07, 6.45) is -0.713. The molecule has 1 aromatic carbocycles. The lowest BCUT2D eigenvalue weighted by molar-refractivity contribution is -0.0282. The first-order valence-electron chi connectivity index (χ1n) is 6.29. The van der Waals surface area contributed by atoms with E-state index < -0.39 is 6.10 Å². The highest BCUT2D eigenvalue weighted by Crippen LogP contribution is 2.20. The lowest BCUT2D eigenvalue weighted by atomic mass is 10.2. The summed E-state index contributed by atoms with van der Waals surface area (Å²) in [5.41, 5.74) is 1.22. The second-order valence-electron chi connectivity index (χ2n) is 4.44. The average Bonchev–Trinajstić information content (AvgIpc) is 2.43. The maximum Gasteiger partial charge on any atom is 0.101 e. The van der Waals surface area contributed by atoms with Gasteiger partial charge in [-0.3, -0.25) is 0 Å². The monoisotopic (exact) mass is 342 g/mol. The normalized spacial score (nSPS) is 13.6. The third-order valence-corrected chi connectivity index (χ3v) is 3.10. The van der Waals surface area contributed by atoms with Crippen LogP contribution in [0.2, 0.25) is 0 Å². The van der Waals surface area contributed by atoms with Gasteiger partial charge in [-0.1, -0.05) is 15.9 Å². The lowest BCUT2D eigenvalue weighted by Gasteiger charge is -2.17. The molecule has 0 saturated carbocycles. The molecular formula is C14H19BrN2O3. The van der Waals surface area contributed by atoms with Crippen molar-refractivity contribution >= 4 is 21.6 Å². The first kappa shape index (κ1) is 16.9. The number of nitriles is 1. The number of methoxy groups -OCH3 is 1. The minimum Gasteiger partial charge on any atom is -0.389 e. The molecule has 0 spiro atoms. The van der Waals surface area contributed by atoms with Crippen LogP contribution in [0.3, 0.4) is 0 Å². The van der Waals surface area contributed by atoms with Crippen LogP contribution in [0.15, 0.2) is 22.7 Å². The van der Waals surface area contributed by atoms with E-state index in [2.05, 4.69) is 27.3 Å². The van der Waals surface area contributed by atoms with Gasteiger partial charge in [-0.05, 0) is 25.1 Å². The van der Waals surface area contributed by atoms with E-state index in [9.17, 15) is 5.11 Å². The largest absolute Gasteiger partial charge is 0.389 e. The van der Waals surface area contributed by atoms with Gasteiger partial charge in [-0.15, -0.1) is 0 Å². The molecule has 110 valence electrons. The minimum atomic E-state index is -0.653. The van der Waals surface area contributed by atoms with Crippen molar-refractivity contribution in [3.8, 4) is 6.07 Å². The van der Waals surface area contributed by atoms with Crippen molar-refractivity contribution in [1.82, 2.24) is 0 Å². The van der Waals surface area contributed by atoms with Crippen molar-refractivity contribution in [2.75, 3.05) is 32.2 Å². The third kappa shape index (κ3) is 5.88. The first-order chi connectivity index (χ1) is 9.56. The second-order valence-corrected chi connectivity index (χ2v) is 5.35. The predicted octanol–water partition coefficient (Wildman–Crippen LogP) is 2.15. The van der Waals surface area contributed by atoms with Gasteiger partial charge in [-0.25, -0.2) is 0 Å². The van der Waals surface area contributed by atoms with Crippen LogP contribution >= 0.6 is 15.9 Å². The molecule has 0 fully saturated rings. The van der Waals surface area contributed by atoms with Crippen LogP contribution in [-0.2, 0) is 9.47 Å². The molecule has 0 aromatic heterocycles. The SMILES string of the molecule is COCC(C)OCC(O)CNc1cc(Br)ccc1C#N. The molecule has 5 nitrogen and oxygen atoms in total. The molecule has 0 bridgehead atoms. The summed E-state index contributed by atoms with van der Waals surface area (Å²) >= 11 is 3.35. The molecule has 1 aromatic rings. The molecule has 0 amide bonds. The zero-order valence-corrected chi connectivity index (χ0v) is 13.2. The van der Waals surface area contributed by atoms with E-state index >= 15 is 0 Å². The molecule has 2 atom stereocenters. The Kier molecular flexibility index (Phi) is 7.55. The number of hydrogen-bond acceptors (Lipinski definition) is 5. The van der Waals surface area contributed by atoms with Crippen molar-refractivity contribution in [3.05, 3.63) is 28.2 Å². The number of benzene rings is 1. The van der Waals surface area contributed by atoms with Crippen LogP contribution in [0.5, 0.6) is 0 Å². The van der Waals surface area contributed by atoms with Crippen molar-refractivity contribution in [2.45, 2.75) is 19.1 Å². The Labute approximate surface area is 127 Å². The lowest BCUT2D eigenvalue weighted by Crippen LogP contribution is -2.28. The highest BCUT2D eigenvalue weighted by Gasteiger charge is 2.09. The predicted molar refractivity (Wildman–Crippen MR) is 80.6 cm³/mol. The maximum atomic E-state index is 9.84. The highest BCUT2D eigenvalue weighted by molar-refractivity contribution is 9.10. The number of hydrogen-bond donors (Lipinski definition) is 2. The fourth-order valence-corrected chi connectivity index (χ4v) is 1.97. The van der Waals surface area contributed by atoms with E-state index in [1.165, 1.54) is 0 Å². The molecule has 0 aliphatic carbocycles. The Morgan fingerprint density at radius 2 is 2.20 bits per heavy atom. The van der Waals surface area contributed by atoms with E-state index in [0.717, 1.165) is 4.47 Å². The number of nitrogens with one attached hydrogen (secondary N) is 1. The molecule has 0 saturated heterocycles. The van der Waals surface area contributed by atoms with Crippen LogP contribution in [0.1, 0.15) is 12.5 Å². The van der Waals surface area contributed by atoms with Gasteiger partial charge in [0.25, 0.3) is 0 Å². The maximum absolute atomic E-state index is 9.84. The Morgan fingerprint density at radius 1 is 1.45 bits per heavy atom. The number of halogens is 1. The molecule has 2 N–H and O–H groups in total. The number of aliphatic hydroxyl groups is 1. The van der Waals surface area contributed by atoms with Gasteiger partial charge in [-0.2, -0.15) is 5.26 Å². The fourth-order valence-electron chi connectivity index (χ4n) is 1.61. The summed E-state index contributed by atoms with van der Waals surface area (Å²) in [5, 5.41) is 21.9. The summed E-state index contributed by atoms with van der Waals surface area (Å²) in [4.78, 5) is 0. The molecule has 6 heteroatoms. The summed E-state index contributed by atoms with van der Waals surface area (Å²) < 4.78 is 11.2. The van der Waals surface area contributed by atoms with Crippen molar-refractivity contribution < 1.29 is 14.6 Å². The highest BCUT2D eigenvalue weighted by atomic mass is 79.9. The zero-order chi connectivity index (χ0) is 15.0. The number of ether oxygens (including phenoxy) is 2. The van der Waals surface area contributed by atoms with Crippen molar-refractivity contribution in [3.63, 3.8) is 0 Å². The van der Waals surface area contributed by atoms with Crippen molar-refractivity contribution in [2.24, 2.45) is 0 Å². The molecule has 0 aliphatic rings. The van der Waals surface area contributed by atoms with E-state index in [0.29, 0.717) is 24.4 Å². The Hall–Kier alpha value is -1.13. The Balaban J connectivity index is 2.43. The van der Waals surface area contributed by atoms with E-state index in [1.807, 2.05) is 6.92 Å². The topological polar surface area (TPSA) is 74.5 Å². The van der Waals surface area contributed by atoms with Crippen LogP contribution in [0.25, 0.3) is 0 Å². The van der Waals surface area contributed by atoms with E-state index in [4.69, 9.17) is 14.7 Å². The summed E-state index contributed by atoms with van der Waals surface area (Å²) in [6, 6.07) is 7.43. The van der Waals surface area contributed by atoms with Crippen LogP contribution in [0.4, 0.5) is 5.69 Å². The summed E-state index contributed by atoms with van der Waals surface area (Å²) in [5.74, 6) is 0. The standard InChI is InChI=1S/C14H19BrN2O3/c1-10(8-19-2)20-9-13(18)7-17-14-5-12(15)4-3-11(14)6-16/h3-5,10,13,17-18H,7-9H2,1-2H3.